The molecule has 2 N–H and O–H groups in total. The molecule has 4 nitrogen and oxygen atoms in total. The van der Waals surface area contributed by atoms with Gasteiger partial charge < -0.3 is 15.4 Å². The molecule has 0 saturated carbocycles. The van der Waals surface area contributed by atoms with Gasteiger partial charge in [0.25, 0.3) is 0 Å². The normalized spacial score (nSPS) is 12.7. The van der Waals surface area contributed by atoms with Crippen LogP contribution in [0.4, 0.5) is 0 Å². The number of hydrogen-bond donors (Lipinski definition) is 2. The number of rotatable bonds is 8. The van der Waals surface area contributed by atoms with Crippen LogP contribution in [0.15, 0.2) is 59.6 Å². The SMILES string of the molecule is CCNC(=NCc1ccc(COC)cc1)NCC(C)c1ccccc1. The maximum atomic E-state index is 5.14. The third-order valence-electron chi connectivity index (χ3n) is 4.04. The molecule has 0 heterocycles. The maximum absolute atomic E-state index is 5.14. The fraction of sp³-hybridized carbons (Fsp3) is 0.381. The molecular formula is C21H29N3O. The van der Waals surface area contributed by atoms with Crippen molar-refractivity contribution >= 4 is 5.96 Å². The molecule has 2 aromatic carbocycles. The van der Waals surface area contributed by atoms with Gasteiger partial charge in [-0.3, -0.25) is 0 Å². The van der Waals surface area contributed by atoms with Crippen LogP contribution in [-0.4, -0.2) is 26.2 Å². The van der Waals surface area contributed by atoms with E-state index in [-0.39, 0.29) is 0 Å². The Kier molecular flexibility index (Phi) is 7.99. The molecule has 0 bridgehead atoms. The van der Waals surface area contributed by atoms with Gasteiger partial charge >= 0.3 is 0 Å². The highest BCUT2D eigenvalue weighted by Gasteiger charge is 2.06. The van der Waals surface area contributed by atoms with Crippen molar-refractivity contribution in [2.45, 2.75) is 32.9 Å². The van der Waals surface area contributed by atoms with Crippen LogP contribution in [0.25, 0.3) is 0 Å². The summed E-state index contributed by atoms with van der Waals surface area (Å²) in [4.78, 5) is 4.69. The maximum Gasteiger partial charge on any atom is 0.191 e. The minimum atomic E-state index is 0.429. The quantitative estimate of drug-likeness (QED) is 0.569. The van der Waals surface area contributed by atoms with Gasteiger partial charge in [-0.15, -0.1) is 0 Å². The molecular weight excluding hydrogens is 310 g/mol. The molecule has 4 heteroatoms. The van der Waals surface area contributed by atoms with E-state index in [0.29, 0.717) is 19.1 Å². The van der Waals surface area contributed by atoms with E-state index >= 15 is 0 Å². The lowest BCUT2D eigenvalue weighted by molar-refractivity contribution is 0.185. The number of nitrogens with zero attached hydrogens (tertiary/aromatic N) is 1. The predicted molar refractivity (Wildman–Crippen MR) is 105 cm³/mol. The molecule has 2 rings (SSSR count). The van der Waals surface area contributed by atoms with Gasteiger partial charge in [0.05, 0.1) is 13.2 Å². The van der Waals surface area contributed by atoms with Crippen molar-refractivity contribution in [1.29, 1.82) is 0 Å². The van der Waals surface area contributed by atoms with Crippen molar-refractivity contribution in [3.8, 4) is 0 Å². The first-order chi connectivity index (χ1) is 12.2. The summed E-state index contributed by atoms with van der Waals surface area (Å²) in [6.07, 6.45) is 0. The molecule has 0 aliphatic rings. The second-order valence-electron chi connectivity index (χ2n) is 6.14. The third kappa shape index (κ3) is 6.59. The Hall–Kier alpha value is -2.33. The van der Waals surface area contributed by atoms with Gasteiger partial charge in [-0.25, -0.2) is 4.99 Å². The zero-order valence-electron chi connectivity index (χ0n) is 15.5. The van der Waals surface area contributed by atoms with Crippen LogP contribution in [0.1, 0.15) is 36.5 Å². The topological polar surface area (TPSA) is 45.7 Å². The smallest absolute Gasteiger partial charge is 0.191 e. The van der Waals surface area contributed by atoms with E-state index < -0.39 is 0 Å². The number of aliphatic imine (C=N–C) groups is 1. The molecule has 0 aliphatic carbocycles. The molecule has 0 aromatic heterocycles. The number of ether oxygens (including phenoxy) is 1. The molecule has 0 fully saturated rings. The molecule has 0 radical (unpaired) electrons. The van der Waals surface area contributed by atoms with Gasteiger partial charge in [-0.2, -0.15) is 0 Å². The first-order valence-corrected chi connectivity index (χ1v) is 8.86. The summed E-state index contributed by atoms with van der Waals surface area (Å²) in [6, 6.07) is 18.9. The number of benzene rings is 2. The van der Waals surface area contributed by atoms with Gasteiger partial charge in [-0.1, -0.05) is 61.5 Å². The standard InChI is InChI=1S/C21H29N3O/c1-4-22-21(23-14-17(2)20-8-6-5-7-9-20)24-15-18-10-12-19(13-11-18)16-25-3/h5-13,17H,4,14-16H2,1-3H3,(H2,22,23,24). The molecule has 1 unspecified atom stereocenters. The minimum absolute atomic E-state index is 0.429. The predicted octanol–water partition coefficient (Wildman–Crippen LogP) is 3.69. The largest absolute Gasteiger partial charge is 0.380 e. The molecule has 0 spiro atoms. The molecule has 25 heavy (non-hydrogen) atoms. The average molecular weight is 339 g/mol. The number of nitrogens with one attached hydrogen (secondary N) is 2. The second-order valence-corrected chi connectivity index (χ2v) is 6.14. The van der Waals surface area contributed by atoms with Gasteiger partial charge in [0.15, 0.2) is 5.96 Å². The summed E-state index contributed by atoms with van der Waals surface area (Å²) >= 11 is 0. The van der Waals surface area contributed by atoms with Gasteiger partial charge in [0.2, 0.25) is 0 Å². The summed E-state index contributed by atoms with van der Waals surface area (Å²) in [5, 5.41) is 6.75. The van der Waals surface area contributed by atoms with Crippen molar-refractivity contribution in [2.75, 3.05) is 20.2 Å². The first kappa shape index (κ1) is 19.0. The van der Waals surface area contributed by atoms with Gasteiger partial charge in [0.1, 0.15) is 0 Å². The van der Waals surface area contributed by atoms with E-state index in [2.05, 4.69) is 78.0 Å². The highest BCUT2D eigenvalue weighted by molar-refractivity contribution is 5.79. The summed E-state index contributed by atoms with van der Waals surface area (Å²) in [5.74, 6) is 1.28. The molecule has 134 valence electrons. The van der Waals surface area contributed by atoms with E-state index in [1.165, 1.54) is 16.7 Å². The van der Waals surface area contributed by atoms with Crippen LogP contribution < -0.4 is 10.6 Å². The molecule has 0 aliphatic heterocycles. The summed E-state index contributed by atoms with van der Waals surface area (Å²) in [6.45, 7) is 7.30. The monoisotopic (exact) mass is 339 g/mol. The van der Waals surface area contributed by atoms with Crippen molar-refractivity contribution in [3.63, 3.8) is 0 Å². The van der Waals surface area contributed by atoms with Crippen LogP contribution in [0, 0.1) is 0 Å². The first-order valence-electron chi connectivity index (χ1n) is 8.86. The Morgan fingerprint density at radius 2 is 1.68 bits per heavy atom. The highest BCUT2D eigenvalue weighted by atomic mass is 16.5. The van der Waals surface area contributed by atoms with E-state index in [4.69, 9.17) is 4.74 Å². The van der Waals surface area contributed by atoms with Crippen LogP contribution in [0.3, 0.4) is 0 Å². The van der Waals surface area contributed by atoms with Crippen molar-refractivity contribution in [1.82, 2.24) is 10.6 Å². The summed E-state index contributed by atoms with van der Waals surface area (Å²) in [7, 11) is 1.71. The fourth-order valence-electron chi connectivity index (χ4n) is 2.57. The minimum Gasteiger partial charge on any atom is -0.380 e. The number of hydrogen-bond acceptors (Lipinski definition) is 2. The lowest BCUT2D eigenvalue weighted by Crippen LogP contribution is -2.39. The molecule has 0 amide bonds. The van der Waals surface area contributed by atoms with Crippen LogP contribution in [0.2, 0.25) is 0 Å². The zero-order valence-corrected chi connectivity index (χ0v) is 15.5. The average Bonchev–Trinajstić information content (AvgIpc) is 2.66. The highest BCUT2D eigenvalue weighted by Crippen LogP contribution is 2.13. The molecule has 1 atom stereocenters. The molecule has 0 saturated heterocycles. The van der Waals surface area contributed by atoms with E-state index in [9.17, 15) is 0 Å². The zero-order chi connectivity index (χ0) is 17.9. The van der Waals surface area contributed by atoms with E-state index in [0.717, 1.165) is 19.0 Å². The Balaban J connectivity index is 1.91. The summed E-state index contributed by atoms with van der Waals surface area (Å²) in [5.41, 5.74) is 3.70. The Bertz CT molecular complexity index is 638. The van der Waals surface area contributed by atoms with Crippen molar-refractivity contribution < 1.29 is 4.74 Å². The molecule has 2 aromatic rings. The number of guanidine groups is 1. The van der Waals surface area contributed by atoms with Crippen LogP contribution >= 0.6 is 0 Å². The third-order valence-corrected chi connectivity index (χ3v) is 4.04. The Labute approximate surface area is 151 Å². The van der Waals surface area contributed by atoms with Crippen molar-refractivity contribution in [2.24, 2.45) is 4.99 Å². The van der Waals surface area contributed by atoms with Gasteiger partial charge in [0, 0.05) is 20.2 Å². The Morgan fingerprint density at radius 1 is 1.00 bits per heavy atom. The number of methoxy groups -OCH3 is 1. The van der Waals surface area contributed by atoms with E-state index in [1.54, 1.807) is 7.11 Å². The van der Waals surface area contributed by atoms with Gasteiger partial charge in [-0.05, 0) is 29.5 Å². The lowest BCUT2D eigenvalue weighted by Gasteiger charge is -2.16. The lowest BCUT2D eigenvalue weighted by atomic mass is 10.0. The van der Waals surface area contributed by atoms with E-state index in [1.807, 2.05) is 6.07 Å². The Morgan fingerprint density at radius 3 is 2.32 bits per heavy atom. The van der Waals surface area contributed by atoms with Crippen molar-refractivity contribution in [3.05, 3.63) is 71.3 Å². The van der Waals surface area contributed by atoms with Crippen LogP contribution in [-0.2, 0) is 17.9 Å². The summed E-state index contributed by atoms with van der Waals surface area (Å²) < 4.78 is 5.14. The fourth-order valence-corrected chi connectivity index (χ4v) is 2.57. The second kappa shape index (κ2) is 10.5. The van der Waals surface area contributed by atoms with Crippen LogP contribution in [0.5, 0.6) is 0 Å².